The summed E-state index contributed by atoms with van der Waals surface area (Å²) in [5.74, 6) is -1.15. The van der Waals surface area contributed by atoms with Crippen LogP contribution in [0.1, 0.15) is 18.4 Å². The van der Waals surface area contributed by atoms with E-state index in [1.807, 2.05) is 24.3 Å². The number of benzene rings is 3. The van der Waals surface area contributed by atoms with E-state index >= 15 is 0 Å². The summed E-state index contributed by atoms with van der Waals surface area (Å²) in [4.78, 5) is 28.2. The fraction of sp³-hybridized carbons (Fsp3) is 0.138. The smallest absolute Gasteiger partial charge is 0.331 e. The lowest BCUT2D eigenvalue weighted by Crippen LogP contribution is -2.26. The number of nitrogens with zero attached hydrogens (tertiary/aromatic N) is 1. The Hall–Kier alpha value is -4.03. The van der Waals surface area contributed by atoms with Crippen molar-refractivity contribution in [2.75, 3.05) is 6.54 Å². The number of hydrogen-bond donors (Lipinski definition) is 2. The highest BCUT2D eigenvalue weighted by Crippen LogP contribution is 2.31. The van der Waals surface area contributed by atoms with Crippen LogP contribution in [0.15, 0.2) is 96.6 Å². The van der Waals surface area contributed by atoms with E-state index in [2.05, 4.69) is 65.4 Å². The van der Waals surface area contributed by atoms with E-state index in [4.69, 9.17) is 5.11 Å². The Kier molecular flexibility index (Phi) is 7.53. The van der Waals surface area contributed by atoms with Crippen LogP contribution >= 0.6 is 11.3 Å². The highest BCUT2D eigenvalue weighted by Gasteiger charge is 2.11. The van der Waals surface area contributed by atoms with Gasteiger partial charge < -0.3 is 10.4 Å². The number of carboxylic acids is 1. The monoisotopic (exact) mass is 482 g/mol. The molecule has 0 aliphatic heterocycles. The molecular formula is C29H26N2O3S. The molecule has 1 heterocycles. The van der Waals surface area contributed by atoms with Crippen molar-refractivity contribution in [3.63, 3.8) is 0 Å². The molecule has 5 nitrogen and oxygen atoms in total. The molecule has 0 unspecified atom stereocenters. The maximum absolute atomic E-state index is 12.4. The number of carbonyl (C=O) groups is 2. The van der Waals surface area contributed by atoms with Gasteiger partial charge in [0.05, 0.1) is 16.6 Å². The number of amides is 1. The summed E-state index contributed by atoms with van der Waals surface area (Å²) in [6.45, 7) is 5.80. The van der Waals surface area contributed by atoms with Crippen molar-refractivity contribution in [2.24, 2.45) is 0 Å². The Morgan fingerprint density at radius 2 is 1.66 bits per heavy atom. The third-order valence-electron chi connectivity index (χ3n) is 5.59. The van der Waals surface area contributed by atoms with E-state index < -0.39 is 5.97 Å². The number of carboxylic acid groups (broad SMARTS) is 1. The lowest BCUT2D eigenvalue weighted by Gasteiger charge is -2.06. The van der Waals surface area contributed by atoms with Crippen LogP contribution in [0.5, 0.6) is 0 Å². The molecule has 1 aromatic heterocycles. The van der Waals surface area contributed by atoms with Crippen molar-refractivity contribution < 1.29 is 14.7 Å². The molecule has 0 bridgehead atoms. The minimum Gasteiger partial charge on any atom is -0.478 e. The first-order chi connectivity index (χ1) is 16.9. The van der Waals surface area contributed by atoms with Crippen LogP contribution in [-0.2, 0) is 16.0 Å². The summed E-state index contributed by atoms with van der Waals surface area (Å²) in [5, 5.41) is 12.6. The molecule has 0 aliphatic carbocycles. The summed E-state index contributed by atoms with van der Waals surface area (Å²) < 4.78 is 1.02. The second kappa shape index (κ2) is 10.9. The van der Waals surface area contributed by atoms with Gasteiger partial charge in [-0.05, 0) is 58.5 Å². The Morgan fingerprint density at radius 3 is 2.37 bits per heavy atom. The normalized spacial score (nSPS) is 11.4. The van der Waals surface area contributed by atoms with Gasteiger partial charge in [0.1, 0.15) is 5.01 Å². The number of aromatic nitrogens is 1. The minimum atomic E-state index is -0.972. The molecule has 0 atom stereocenters. The SMILES string of the molecule is C=C(/C=C(\CC)C(=O)O)CNC(=O)Cc1nc2ccc(-c3cccc(-c4ccccc4)c3)cc2s1. The van der Waals surface area contributed by atoms with E-state index in [-0.39, 0.29) is 24.4 Å². The summed E-state index contributed by atoms with van der Waals surface area (Å²) in [7, 11) is 0. The van der Waals surface area contributed by atoms with Gasteiger partial charge in [0.2, 0.25) is 5.91 Å². The Morgan fingerprint density at radius 1 is 0.971 bits per heavy atom. The van der Waals surface area contributed by atoms with Crippen LogP contribution in [0.4, 0.5) is 0 Å². The third-order valence-corrected chi connectivity index (χ3v) is 6.61. The molecule has 4 rings (SSSR count). The van der Waals surface area contributed by atoms with Crippen molar-refractivity contribution >= 4 is 33.4 Å². The molecule has 35 heavy (non-hydrogen) atoms. The van der Waals surface area contributed by atoms with Crippen LogP contribution < -0.4 is 5.32 Å². The third kappa shape index (κ3) is 6.11. The molecule has 0 fully saturated rings. The van der Waals surface area contributed by atoms with Crippen molar-refractivity contribution in [1.29, 1.82) is 0 Å². The second-order valence-electron chi connectivity index (χ2n) is 8.18. The number of carbonyl (C=O) groups excluding carboxylic acids is 1. The molecule has 0 radical (unpaired) electrons. The molecule has 2 N–H and O–H groups in total. The van der Waals surface area contributed by atoms with E-state index in [0.717, 1.165) is 31.9 Å². The van der Waals surface area contributed by atoms with Gasteiger partial charge in [-0.3, -0.25) is 4.79 Å². The lowest BCUT2D eigenvalue weighted by atomic mass is 9.99. The van der Waals surface area contributed by atoms with Gasteiger partial charge in [0.25, 0.3) is 0 Å². The fourth-order valence-electron chi connectivity index (χ4n) is 3.76. The van der Waals surface area contributed by atoms with Crippen LogP contribution in [0.3, 0.4) is 0 Å². The van der Waals surface area contributed by atoms with Crippen molar-refractivity contribution in [3.8, 4) is 22.3 Å². The average molecular weight is 483 g/mol. The summed E-state index contributed by atoms with van der Waals surface area (Å²) in [6, 6.07) is 24.9. The molecule has 1 amide bonds. The van der Waals surface area contributed by atoms with E-state index in [0.29, 0.717) is 12.0 Å². The van der Waals surface area contributed by atoms with Gasteiger partial charge in [-0.1, -0.05) is 68.1 Å². The van der Waals surface area contributed by atoms with Gasteiger partial charge in [-0.2, -0.15) is 0 Å². The maximum atomic E-state index is 12.4. The van der Waals surface area contributed by atoms with Crippen LogP contribution in [-0.4, -0.2) is 28.5 Å². The number of thiazole rings is 1. The zero-order chi connectivity index (χ0) is 24.8. The van der Waals surface area contributed by atoms with Gasteiger partial charge in [0, 0.05) is 12.1 Å². The van der Waals surface area contributed by atoms with Crippen molar-refractivity contribution in [2.45, 2.75) is 19.8 Å². The molecule has 3 aromatic carbocycles. The lowest BCUT2D eigenvalue weighted by molar-refractivity contribution is -0.132. The van der Waals surface area contributed by atoms with E-state index in [9.17, 15) is 9.59 Å². The zero-order valence-electron chi connectivity index (χ0n) is 19.5. The fourth-order valence-corrected chi connectivity index (χ4v) is 4.77. The van der Waals surface area contributed by atoms with Crippen LogP contribution in [0.25, 0.3) is 32.5 Å². The van der Waals surface area contributed by atoms with Crippen molar-refractivity contribution in [3.05, 3.63) is 102 Å². The predicted octanol–water partition coefficient (Wildman–Crippen LogP) is 6.27. The van der Waals surface area contributed by atoms with Crippen molar-refractivity contribution in [1.82, 2.24) is 10.3 Å². The van der Waals surface area contributed by atoms with Gasteiger partial charge in [0.15, 0.2) is 0 Å². The minimum absolute atomic E-state index is 0.161. The summed E-state index contributed by atoms with van der Waals surface area (Å²) in [5.41, 5.74) is 6.24. The molecule has 0 aliphatic rings. The Balaban J connectivity index is 1.44. The second-order valence-corrected chi connectivity index (χ2v) is 9.29. The predicted molar refractivity (Wildman–Crippen MR) is 142 cm³/mol. The topological polar surface area (TPSA) is 79.3 Å². The van der Waals surface area contributed by atoms with Gasteiger partial charge in [-0.15, -0.1) is 11.3 Å². The molecule has 6 heteroatoms. The number of fused-ring (bicyclic) bond motifs is 1. The molecule has 4 aromatic rings. The van der Waals surface area contributed by atoms with Crippen LogP contribution in [0, 0.1) is 0 Å². The van der Waals surface area contributed by atoms with Crippen LogP contribution in [0.2, 0.25) is 0 Å². The number of aliphatic carboxylic acids is 1. The Labute approximate surface area is 208 Å². The number of nitrogens with one attached hydrogen (secondary N) is 1. The molecule has 0 spiro atoms. The number of hydrogen-bond acceptors (Lipinski definition) is 4. The summed E-state index contributed by atoms with van der Waals surface area (Å²) >= 11 is 1.50. The highest BCUT2D eigenvalue weighted by molar-refractivity contribution is 7.18. The average Bonchev–Trinajstić information content (AvgIpc) is 3.27. The summed E-state index contributed by atoms with van der Waals surface area (Å²) in [6.07, 6.45) is 2.07. The van der Waals surface area contributed by atoms with Gasteiger partial charge in [-0.25, -0.2) is 9.78 Å². The maximum Gasteiger partial charge on any atom is 0.331 e. The Bertz CT molecular complexity index is 1420. The first-order valence-electron chi connectivity index (χ1n) is 11.4. The molecule has 0 saturated heterocycles. The molecular weight excluding hydrogens is 456 g/mol. The van der Waals surface area contributed by atoms with E-state index in [1.54, 1.807) is 6.92 Å². The quantitative estimate of drug-likeness (QED) is 0.218. The zero-order valence-corrected chi connectivity index (χ0v) is 20.3. The van der Waals surface area contributed by atoms with E-state index in [1.165, 1.54) is 23.0 Å². The largest absolute Gasteiger partial charge is 0.478 e. The first kappa shape index (κ1) is 24.1. The molecule has 176 valence electrons. The first-order valence-corrected chi connectivity index (χ1v) is 12.2. The highest BCUT2D eigenvalue weighted by atomic mass is 32.1. The number of rotatable bonds is 9. The van der Waals surface area contributed by atoms with Gasteiger partial charge >= 0.3 is 5.97 Å². The molecule has 0 saturated carbocycles. The standard InChI is InChI=1S/C29H26N2O3S/c1-3-20(29(33)34)14-19(2)18-30-27(32)17-28-31-25-13-12-24(16-26(25)35-28)23-11-7-10-22(15-23)21-8-5-4-6-9-21/h4-16H,2-3,17-18H2,1H3,(H,30,32)(H,33,34)/b20-14+.